The fraction of sp³-hybridized carbons (Fsp3) is 1.00. The van der Waals surface area contributed by atoms with Crippen LogP contribution < -0.4 is 0 Å². The molecule has 4 heteroatoms. The summed E-state index contributed by atoms with van der Waals surface area (Å²) >= 11 is 0. The second-order valence-electron chi connectivity index (χ2n) is 1.76. The lowest BCUT2D eigenvalue weighted by molar-refractivity contribution is -0.216. The number of rotatable bonds is 1. The largest absolute Gasteiger partial charge is 0.396 e. The molecule has 0 aromatic rings. The summed E-state index contributed by atoms with van der Waals surface area (Å²) in [6.45, 7) is 0.764. The van der Waals surface area contributed by atoms with Crippen molar-refractivity contribution < 1.29 is 14.7 Å². The van der Waals surface area contributed by atoms with Gasteiger partial charge in [0.25, 0.3) is 0 Å². The lowest BCUT2D eigenvalue weighted by Crippen LogP contribution is -2.19. The molecule has 0 amide bonds. The lowest BCUT2D eigenvalue weighted by atomic mass is 10.2. The van der Waals surface area contributed by atoms with Crippen molar-refractivity contribution in [2.75, 3.05) is 19.4 Å². The number of hydrogen-bond donors (Lipinski definition) is 1. The van der Waals surface area contributed by atoms with Crippen molar-refractivity contribution >= 4 is 8.81 Å². The van der Waals surface area contributed by atoms with Crippen LogP contribution in [0.2, 0.25) is 0 Å². The van der Waals surface area contributed by atoms with Gasteiger partial charge in [-0.25, -0.2) is 9.56 Å². The summed E-state index contributed by atoms with van der Waals surface area (Å²) in [6.07, 6.45) is 0.941. The molecule has 0 radical (unpaired) electrons. The highest BCUT2D eigenvalue weighted by molar-refractivity contribution is 7.32. The van der Waals surface area contributed by atoms with Crippen LogP contribution in [-0.4, -0.2) is 24.5 Å². The van der Waals surface area contributed by atoms with Gasteiger partial charge >= 0.3 is 0 Å². The van der Waals surface area contributed by atoms with Crippen LogP contribution in [0, 0.1) is 5.92 Å². The summed E-state index contributed by atoms with van der Waals surface area (Å²) in [4.78, 5) is 4.63. The van der Waals surface area contributed by atoms with E-state index in [-0.39, 0.29) is 6.61 Å². The third-order valence-electron chi connectivity index (χ3n) is 1.05. The summed E-state index contributed by atoms with van der Waals surface area (Å²) in [5.74, 6) is 0.307. The number of aliphatic hydroxyl groups excluding tert-OH is 1. The van der Waals surface area contributed by atoms with Gasteiger partial charge in [-0.2, -0.15) is 0 Å². The van der Waals surface area contributed by atoms with Crippen molar-refractivity contribution in [1.82, 2.24) is 0 Å². The maximum atomic E-state index is 8.56. The Morgan fingerprint density at radius 3 is 3.00 bits per heavy atom. The Morgan fingerprint density at radius 1 is 1.75 bits per heavy atom. The smallest absolute Gasteiger partial charge is 0.0879 e. The molecule has 8 heavy (non-hydrogen) atoms. The Morgan fingerprint density at radius 2 is 2.62 bits per heavy atom. The fourth-order valence-corrected chi connectivity index (χ4v) is 1.20. The molecule has 0 saturated carbocycles. The number of hydrogen-bond acceptors (Lipinski definition) is 3. The second-order valence-corrected chi connectivity index (χ2v) is 2.63. The Hall–Kier alpha value is 0.310. The molecular weight excluding hydrogens is 127 g/mol. The van der Waals surface area contributed by atoms with Crippen LogP contribution in [-0.2, 0) is 9.56 Å². The van der Waals surface area contributed by atoms with E-state index in [0.29, 0.717) is 21.3 Å². The van der Waals surface area contributed by atoms with Crippen LogP contribution in [0.1, 0.15) is 0 Å². The molecule has 0 bridgehead atoms. The highest BCUT2D eigenvalue weighted by Crippen LogP contribution is 2.22. The van der Waals surface area contributed by atoms with E-state index in [1.54, 1.807) is 0 Å². The van der Waals surface area contributed by atoms with Crippen molar-refractivity contribution in [3.8, 4) is 0 Å². The monoisotopic (exact) mass is 136 g/mol. The predicted octanol–water partition coefficient (Wildman–Crippen LogP) is 0.150. The van der Waals surface area contributed by atoms with E-state index in [9.17, 15) is 0 Å². The van der Waals surface area contributed by atoms with Gasteiger partial charge in [0, 0.05) is 12.5 Å². The van der Waals surface area contributed by atoms with Gasteiger partial charge in [0.15, 0.2) is 0 Å². The minimum absolute atomic E-state index is 0.219. The average molecular weight is 136 g/mol. The van der Waals surface area contributed by atoms with Gasteiger partial charge in [0.1, 0.15) is 0 Å². The molecule has 1 aliphatic rings. The fourth-order valence-electron chi connectivity index (χ4n) is 0.500. The standard InChI is InChI=1S/C4H9O3P/c5-1-4-2-6-7-8-3-4/h4-5,8H,1-3H2. The zero-order valence-corrected chi connectivity index (χ0v) is 5.46. The molecule has 0 aromatic carbocycles. The topological polar surface area (TPSA) is 38.7 Å². The highest BCUT2D eigenvalue weighted by atomic mass is 31.1. The zero-order valence-electron chi connectivity index (χ0n) is 4.46. The molecule has 1 rings (SSSR count). The molecule has 1 aliphatic heterocycles. The first-order valence-electron chi connectivity index (χ1n) is 2.55. The SMILES string of the molecule is OCC1COOPC1. The normalized spacial score (nSPS) is 33.4. The maximum absolute atomic E-state index is 8.56. The van der Waals surface area contributed by atoms with E-state index in [1.165, 1.54) is 0 Å². The average Bonchev–Trinajstić information content (AvgIpc) is 1.90. The molecule has 1 N–H and O–H groups in total. The van der Waals surface area contributed by atoms with Crippen LogP contribution in [0.15, 0.2) is 0 Å². The van der Waals surface area contributed by atoms with Gasteiger partial charge in [-0.15, -0.1) is 0 Å². The molecule has 3 nitrogen and oxygen atoms in total. The van der Waals surface area contributed by atoms with Crippen LogP contribution in [0.25, 0.3) is 0 Å². The van der Waals surface area contributed by atoms with Crippen molar-refractivity contribution in [2.45, 2.75) is 0 Å². The van der Waals surface area contributed by atoms with Gasteiger partial charge in [-0.1, -0.05) is 0 Å². The van der Waals surface area contributed by atoms with Crippen LogP contribution in [0.4, 0.5) is 0 Å². The third-order valence-corrected chi connectivity index (χ3v) is 2.03. The Labute approximate surface area is 49.8 Å². The lowest BCUT2D eigenvalue weighted by Gasteiger charge is -2.17. The molecule has 1 heterocycles. The van der Waals surface area contributed by atoms with Crippen molar-refractivity contribution in [3.05, 3.63) is 0 Å². The first kappa shape index (κ1) is 6.43. The molecule has 2 atom stereocenters. The predicted molar refractivity (Wildman–Crippen MR) is 30.8 cm³/mol. The van der Waals surface area contributed by atoms with Gasteiger partial charge in [-0.3, -0.25) is 0 Å². The van der Waals surface area contributed by atoms with E-state index >= 15 is 0 Å². The van der Waals surface area contributed by atoms with Crippen LogP contribution >= 0.6 is 8.81 Å². The van der Waals surface area contributed by atoms with Crippen molar-refractivity contribution in [2.24, 2.45) is 5.92 Å². The van der Waals surface area contributed by atoms with Crippen LogP contribution in [0.5, 0.6) is 0 Å². The molecular formula is C4H9O3P. The summed E-state index contributed by atoms with van der Waals surface area (Å²) in [7, 11) is 0.407. The summed E-state index contributed by atoms with van der Waals surface area (Å²) in [5.41, 5.74) is 0. The molecule has 48 valence electrons. The summed E-state index contributed by atoms with van der Waals surface area (Å²) in [5, 5.41) is 8.56. The van der Waals surface area contributed by atoms with Gasteiger partial charge < -0.3 is 5.11 Å². The van der Waals surface area contributed by atoms with E-state index < -0.39 is 0 Å². The maximum Gasteiger partial charge on any atom is 0.0879 e. The Bertz CT molecular complexity index is 62.3. The Balaban J connectivity index is 2.13. The first-order valence-corrected chi connectivity index (χ1v) is 3.67. The molecule has 1 fully saturated rings. The minimum Gasteiger partial charge on any atom is -0.396 e. The highest BCUT2D eigenvalue weighted by Gasteiger charge is 2.12. The molecule has 0 spiro atoms. The van der Waals surface area contributed by atoms with E-state index in [1.807, 2.05) is 0 Å². The minimum atomic E-state index is 0.219. The van der Waals surface area contributed by atoms with E-state index in [2.05, 4.69) is 9.56 Å². The number of aliphatic hydroxyl groups is 1. The third kappa shape index (κ3) is 1.67. The quantitative estimate of drug-likeness (QED) is 0.412. The molecule has 0 aromatic heterocycles. The van der Waals surface area contributed by atoms with Gasteiger partial charge in [0.2, 0.25) is 0 Å². The molecule has 1 saturated heterocycles. The molecule has 2 unspecified atom stereocenters. The summed E-state index contributed by atoms with van der Waals surface area (Å²) in [6, 6.07) is 0. The van der Waals surface area contributed by atoms with E-state index in [0.717, 1.165) is 6.16 Å². The second kappa shape index (κ2) is 3.36. The van der Waals surface area contributed by atoms with Crippen molar-refractivity contribution in [1.29, 1.82) is 0 Å². The molecule has 0 aliphatic carbocycles. The van der Waals surface area contributed by atoms with Gasteiger partial charge in [-0.05, 0) is 6.16 Å². The zero-order chi connectivity index (χ0) is 5.82. The van der Waals surface area contributed by atoms with Crippen molar-refractivity contribution in [3.63, 3.8) is 0 Å². The summed E-state index contributed by atoms with van der Waals surface area (Å²) < 4.78 is 4.62. The Kier molecular flexibility index (Phi) is 2.70. The van der Waals surface area contributed by atoms with E-state index in [4.69, 9.17) is 5.11 Å². The first-order chi connectivity index (χ1) is 3.93. The van der Waals surface area contributed by atoms with Crippen LogP contribution in [0.3, 0.4) is 0 Å². The van der Waals surface area contributed by atoms with Gasteiger partial charge in [0.05, 0.1) is 15.4 Å².